The molecule has 0 saturated heterocycles. The van der Waals surface area contributed by atoms with Crippen LogP contribution in [0, 0.1) is 0 Å². The molecule has 0 spiro atoms. The molecule has 1 amide bonds. The van der Waals surface area contributed by atoms with E-state index < -0.39 is 26.6 Å². The van der Waals surface area contributed by atoms with E-state index in [4.69, 9.17) is 13.8 Å². The van der Waals surface area contributed by atoms with Crippen LogP contribution in [-0.2, 0) is 27.9 Å². The van der Waals surface area contributed by atoms with E-state index in [1.54, 1.807) is 0 Å². The lowest BCUT2D eigenvalue weighted by molar-refractivity contribution is -0.870. The second-order valence-electron chi connectivity index (χ2n) is 20.1. The highest BCUT2D eigenvalue weighted by Crippen LogP contribution is 2.38. The quantitative estimate of drug-likeness (QED) is 0.0212. The zero-order chi connectivity index (χ0) is 49.4. The molecule has 392 valence electrons. The summed E-state index contributed by atoms with van der Waals surface area (Å²) in [5.74, 6) is -0.551. The largest absolute Gasteiger partial charge is 0.756 e. The number of carbonyl (C=O) groups excluding carboxylic acids is 2. The second kappa shape index (κ2) is 47.6. The number of likely N-dealkylation sites (N-methyl/N-ethyl adjacent to an activating group) is 1. The van der Waals surface area contributed by atoms with Crippen LogP contribution >= 0.6 is 7.82 Å². The Morgan fingerprint density at radius 1 is 0.537 bits per heavy atom. The molecule has 0 radical (unpaired) electrons. The molecule has 3 unspecified atom stereocenters. The number of hydrogen-bond donors (Lipinski definition) is 1. The fourth-order valence-electron chi connectivity index (χ4n) is 7.95. The third-order valence-corrected chi connectivity index (χ3v) is 13.2. The summed E-state index contributed by atoms with van der Waals surface area (Å²) in [6.07, 6.45) is 56.4. The molecule has 10 heteroatoms. The number of ether oxygens (including phenoxy) is 1. The molecule has 0 aromatic heterocycles. The average Bonchev–Trinajstić information content (AvgIpc) is 3.28. The smallest absolute Gasteiger partial charge is 0.306 e. The minimum absolute atomic E-state index is 0.0245. The van der Waals surface area contributed by atoms with Gasteiger partial charge in [-0.3, -0.25) is 14.2 Å². The van der Waals surface area contributed by atoms with E-state index in [1.807, 2.05) is 33.3 Å². The van der Waals surface area contributed by atoms with Crippen molar-refractivity contribution in [2.45, 2.75) is 264 Å². The normalized spacial score (nSPS) is 14.2. The van der Waals surface area contributed by atoms with Crippen molar-refractivity contribution in [2.24, 2.45) is 0 Å². The van der Waals surface area contributed by atoms with Crippen molar-refractivity contribution in [3.8, 4) is 0 Å². The number of unbranched alkanes of at least 4 members (excludes halogenated alkanes) is 28. The Labute approximate surface area is 414 Å². The van der Waals surface area contributed by atoms with Gasteiger partial charge in [-0.15, -0.1) is 0 Å². The maximum Gasteiger partial charge on any atom is 0.306 e. The summed E-state index contributed by atoms with van der Waals surface area (Å²) in [4.78, 5) is 39.8. The van der Waals surface area contributed by atoms with Gasteiger partial charge in [-0.2, -0.15) is 0 Å². The lowest BCUT2D eigenvalue weighted by Crippen LogP contribution is -2.47. The molecule has 0 aromatic rings. The highest BCUT2D eigenvalue weighted by molar-refractivity contribution is 7.45. The molecular formula is C57H107N2O7P. The third kappa shape index (κ3) is 48.8. The fourth-order valence-corrected chi connectivity index (χ4v) is 8.67. The van der Waals surface area contributed by atoms with Crippen molar-refractivity contribution >= 4 is 19.7 Å². The molecule has 0 bridgehead atoms. The Balaban J connectivity index is 5.38. The van der Waals surface area contributed by atoms with Crippen LogP contribution in [0.1, 0.15) is 252 Å². The number of phosphoric ester groups is 1. The number of allylic oxidation sites excluding steroid dienone is 7. The van der Waals surface area contributed by atoms with Crippen LogP contribution in [0.15, 0.2) is 48.6 Å². The number of nitrogens with one attached hydrogen (secondary N) is 1. The van der Waals surface area contributed by atoms with Crippen molar-refractivity contribution in [2.75, 3.05) is 40.9 Å². The summed E-state index contributed by atoms with van der Waals surface area (Å²) >= 11 is 0. The first kappa shape index (κ1) is 65.0. The van der Waals surface area contributed by atoms with E-state index in [9.17, 15) is 19.0 Å². The minimum atomic E-state index is -4.69. The summed E-state index contributed by atoms with van der Waals surface area (Å²) in [6.45, 7) is 6.72. The monoisotopic (exact) mass is 963 g/mol. The van der Waals surface area contributed by atoms with Gasteiger partial charge in [-0.25, -0.2) is 0 Å². The van der Waals surface area contributed by atoms with Crippen molar-refractivity contribution in [3.63, 3.8) is 0 Å². The van der Waals surface area contributed by atoms with Gasteiger partial charge in [0, 0.05) is 12.8 Å². The van der Waals surface area contributed by atoms with Gasteiger partial charge in [0.15, 0.2) is 0 Å². The van der Waals surface area contributed by atoms with Crippen LogP contribution < -0.4 is 10.2 Å². The van der Waals surface area contributed by atoms with Gasteiger partial charge in [0.05, 0.1) is 33.8 Å². The summed E-state index contributed by atoms with van der Waals surface area (Å²) in [7, 11) is 1.18. The number of quaternary nitrogens is 1. The van der Waals surface area contributed by atoms with E-state index in [-0.39, 0.29) is 24.9 Å². The Kier molecular flexibility index (Phi) is 46.2. The maximum absolute atomic E-state index is 13.5. The first-order valence-corrected chi connectivity index (χ1v) is 29.4. The van der Waals surface area contributed by atoms with Gasteiger partial charge < -0.3 is 28.5 Å². The fraction of sp³-hybridized carbons (Fsp3) is 0.825. The van der Waals surface area contributed by atoms with Crippen LogP contribution in [0.25, 0.3) is 0 Å². The van der Waals surface area contributed by atoms with Gasteiger partial charge >= 0.3 is 5.97 Å². The Morgan fingerprint density at radius 3 is 1.43 bits per heavy atom. The molecule has 0 aromatic carbocycles. The topological polar surface area (TPSA) is 114 Å². The highest BCUT2D eigenvalue weighted by Gasteiger charge is 2.27. The first-order valence-electron chi connectivity index (χ1n) is 27.9. The molecule has 0 aliphatic heterocycles. The van der Waals surface area contributed by atoms with E-state index >= 15 is 0 Å². The zero-order valence-electron chi connectivity index (χ0n) is 44.6. The van der Waals surface area contributed by atoms with Crippen molar-refractivity contribution in [3.05, 3.63) is 48.6 Å². The molecule has 9 nitrogen and oxygen atoms in total. The number of amides is 1. The van der Waals surface area contributed by atoms with Crippen molar-refractivity contribution in [1.82, 2.24) is 5.32 Å². The number of carbonyl (C=O) groups is 2. The number of rotatable bonds is 50. The van der Waals surface area contributed by atoms with Crippen LogP contribution in [0.3, 0.4) is 0 Å². The van der Waals surface area contributed by atoms with Gasteiger partial charge in [0.25, 0.3) is 7.82 Å². The molecule has 0 rings (SSSR count). The minimum Gasteiger partial charge on any atom is -0.756 e. The van der Waals surface area contributed by atoms with Gasteiger partial charge in [0.1, 0.15) is 19.3 Å². The van der Waals surface area contributed by atoms with E-state index in [1.165, 1.54) is 116 Å². The predicted octanol–water partition coefficient (Wildman–Crippen LogP) is 15.9. The first-order chi connectivity index (χ1) is 32.4. The summed E-state index contributed by atoms with van der Waals surface area (Å²) in [5, 5.41) is 3.01. The molecule has 0 heterocycles. The zero-order valence-corrected chi connectivity index (χ0v) is 45.5. The maximum atomic E-state index is 13.5. The second-order valence-corrected chi connectivity index (χ2v) is 21.5. The van der Waals surface area contributed by atoms with Crippen LogP contribution in [0.5, 0.6) is 0 Å². The molecule has 0 aliphatic rings. The Bertz CT molecular complexity index is 1290. The summed E-state index contributed by atoms with van der Waals surface area (Å²) < 4.78 is 30.2. The summed E-state index contributed by atoms with van der Waals surface area (Å²) in [6, 6.07) is -0.891. The molecule has 67 heavy (non-hydrogen) atoms. The van der Waals surface area contributed by atoms with Gasteiger partial charge in [0.2, 0.25) is 5.91 Å². The van der Waals surface area contributed by atoms with E-state index in [0.717, 1.165) is 103 Å². The lowest BCUT2D eigenvalue weighted by atomic mass is 10.0. The third-order valence-electron chi connectivity index (χ3n) is 12.3. The lowest BCUT2D eigenvalue weighted by Gasteiger charge is -2.30. The molecular weight excluding hydrogens is 856 g/mol. The molecule has 0 saturated carbocycles. The number of esters is 1. The van der Waals surface area contributed by atoms with Crippen molar-refractivity contribution < 1.29 is 37.3 Å². The van der Waals surface area contributed by atoms with Gasteiger partial charge in [-0.1, -0.05) is 224 Å². The highest BCUT2D eigenvalue weighted by atomic mass is 31.2. The van der Waals surface area contributed by atoms with Crippen molar-refractivity contribution in [1.29, 1.82) is 0 Å². The Hall–Kier alpha value is -2.03. The number of hydrogen-bond acceptors (Lipinski definition) is 7. The number of phosphoric acid groups is 1. The molecule has 1 N–H and O–H groups in total. The van der Waals surface area contributed by atoms with E-state index in [0.29, 0.717) is 17.4 Å². The predicted molar refractivity (Wildman–Crippen MR) is 284 cm³/mol. The Morgan fingerprint density at radius 2 is 0.955 bits per heavy atom. The van der Waals surface area contributed by atoms with Crippen LogP contribution in [0.4, 0.5) is 0 Å². The standard InChI is InChI=1S/C57H107N2O7P/c1-7-10-13-16-19-22-25-28-29-30-32-34-37-40-43-46-49-56(60)58-54(53-65-67(62,63)64-52-51-59(4,5)6)55(48-45-42-39-36-33-27-24-21-18-15-12-9-3)66-57(61)50-47-44-41-38-35-31-26-23-20-17-14-11-8-2/h10,13,19,22,28-29,45,48,54-55H,7-9,11-12,14-18,20-21,23-27,30-44,46-47,49-53H2,1-6H3,(H-,58,60,62,63)/b13-10+,22-19+,29-28+,48-45+. The van der Waals surface area contributed by atoms with E-state index in [2.05, 4.69) is 62.5 Å². The summed E-state index contributed by atoms with van der Waals surface area (Å²) in [5.41, 5.74) is 0. The molecule has 0 aliphatic carbocycles. The van der Waals surface area contributed by atoms with Gasteiger partial charge in [-0.05, 0) is 63.9 Å². The number of nitrogens with zero attached hydrogens (tertiary/aromatic N) is 1. The molecule has 3 atom stereocenters. The van der Waals surface area contributed by atoms with Crippen LogP contribution in [-0.4, -0.2) is 69.4 Å². The SMILES string of the molecule is CC/C=C/C/C=C/C/C=C/CCCCCCCCC(=O)NC(COP(=O)([O-])OCC[N+](C)(C)C)C(/C=C/CCCCCCCCCCCC)OC(=O)CCCCCCCCCCCCCCC. The molecule has 0 fully saturated rings. The van der Waals surface area contributed by atoms with Crippen LogP contribution in [0.2, 0.25) is 0 Å². The average molecular weight is 963 g/mol.